The van der Waals surface area contributed by atoms with Gasteiger partial charge in [0.1, 0.15) is 34.6 Å². The molecule has 0 radical (unpaired) electrons. The van der Waals surface area contributed by atoms with E-state index in [1.807, 2.05) is 97.3 Å². The molecule has 8 heteroatoms. The summed E-state index contributed by atoms with van der Waals surface area (Å²) in [6.07, 6.45) is 7.25. The van der Waals surface area contributed by atoms with E-state index in [0.29, 0.717) is 46.5 Å². The molecule has 0 spiro atoms. The fourth-order valence-corrected chi connectivity index (χ4v) is 9.67. The van der Waals surface area contributed by atoms with E-state index in [1.165, 1.54) is 0 Å². The van der Waals surface area contributed by atoms with Gasteiger partial charge < -0.3 is 9.47 Å². The zero-order chi connectivity index (χ0) is 47.0. The predicted molar refractivity (Wildman–Crippen MR) is 275 cm³/mol. The van der Waals surface area contributed by atoms with Crippen LogP contribution in [-0.2, 0) is 0 Å². The molecule has 0 fully saturated rings. The topological polar surface area (TPSA) is 79.9 Å². The fraction of sp³-hybridized carbons (Fsp3) is 0.0333. The molecule has 5 heterocycles. The van der Waals surface area contributed by atoms with Crippen molar-refractivity contribution in [1.82, 2.24) is 29.1 Å². The summed E-state index contributed by atoms with van der Waals surface area (Å²) in [6, 6.07) is 57.1. The van der Waals surface area contributed by atoms with Crippen LogP contribution in [0, 0.1) is 13.8 Å². The van der Waals surface area contributed by atoms with Gasteiger partial charge in [0.05, 0.1) is 48.6 Å². The molecule has 0 atom stereocenters. The standard InChI is InChI=1S/C60H40N6O2/c1-37-23-25-61-59(27-37)65-55-17-9-7-15-47(55)49-21-19-41(33-57(49)65)67-43-29-39-11-3-5-13-45(39)51(31-43)53-35-64-54(36-63-53)52-32-44(30-40-12-4-6-14-46(40)52)68-42-20-22-50-48-16-8-10-18-56(48)66(58(50)34-42)60-28-38(2)24-26-62-60/h3-36H,1-2H3/i3D,4D. The second-order valence-electron chi connectivity index (χ2n) is 17.2. The Balaban J connectivity index is 0.871. The van der Waals surface area contributed by atoms with Gasteiger partial charge in [-0.05, 0) is 131 Å². The van der Waals surface area contributed by atoms with E-state index in [-0.39, 0.29) is 0 Å². The highest BCUT2D eigenvalue weighted by atomic mass is 16.5. The van der Waals surface area contributed by atoms with Crippen molar-refractivity contribution in [3.63, 3.8) is 0 Å². The summed E-state index contributed by atoms with van der Waals surface area (Å²) in [5, 5.41) is 8.00. The zero-order valence-corrected chi connectivity index (χ0v) is 37.0. The lowest BCUT2D eigenvalue weighted by atomic mass is 10.0. The lowest BCUT2D eigenvalue weighted by Crippen LogP contribution is -1.97. The molecule has 0 saturated heterocycles. The van der Waals surface area contributed by atoms with Crippen LogP contribution in [0.4, 0.5) is 0 Å². The minimum Gasteiger partial charge on any atom is -0.457 e. The molecule has 0 N–H and O–H groups in total. The SMILES string of the molecule is [2H]c1ccc2c(-c3cnc(-c4cc(Oc5ccc6c7ccccc7n(-c7cc(C)ccn7)c6c5)cc5cc([2H])ccc45)cn3)cc(Oc3ccc4c5ccccc5n(-c5cc(C)ccn5)c4c3)cc2c1. The smallest absolute Gasteiger partial charge is 0.137 e. The number of pyridine rings is 2. The van der Waals surface area contributed by atoms with Crippen LogP contribution in [-0.4, -0.2) is 29.1 Å². The summed E-state index contributed by atoms with van der Waals surface area (Å²) in [7, 11) is 0. The first-order valence-electron chi connectivity index (χ1n) is 23.5. The lowest BCUT2D eigenvalue weighted by Gasteiger charge is -2.14. The Hall–Kier alpha value is -9.14. The van der Waals surface area contributed by atoms with Crippen LogP contribution in [0.2, 0.25) is 0 Å². The number of fused-ring (bicyclic) bond motifs is 8. The van der Waals surface area contributed by atoms with E-state index in [0.717, 1.165) is 99.0 Å². The third-order valence-corrected chi connectivity index (χ3v) is 12.8. The lowest BCUT2D eigenvalue weighted by molar-refractivity contribution is 0.484. The molecule has 0 saturated carbocycles. The molecule has 5 aromatic heterocycles. The van der Waals surface area contributed by atoms with Crippen LogP contribution in [0.1, 0.15) is 13.9 Å². The number of hydrogen-bond acceptors (Lipinski definition) is 6. The van der Waals surface area contributed by atoms with Crippen LogP contribution in [0.3, 0.4) is 0 Å². The van der Waals surface area contributed by atoms with Crippen molar-refractivity contribution in [2.75, 3.05) is 0 Å². The van der Waals surface area contributed by atoms with Crippen molar-refractivity contribution in [1.29, 1.82) is 0 Å². The molecule has 0 unspecified atom stereocenters. The third-order valence-electron chi connectivity index (χ3n) is 12.8. The number of ether oxygens (including phenoxy) is 2. The highest BCUT2D eigenvalue weighted by molar-refractivity contribution is 6.10. The van der Waals surface area contributed by atoms with E-state index in [4.69, 9.17) is 32.2 Å². The van der Waals surface area contributed by atoms with Gasteiger partial charge in [-0.2, -0.15) is 0 Å². The van der Waals surface area contributed by atoms with Crippen LogP contribution in [0.25, 0.3) is 99.3 Å². The first kappa shape index (κ1) is 37.1. The Morgan fingerprint density at radius 2 is 0.824 bits per heavy atom. The van der Waals surface area contributed by atoms with Gasteiger partial charge >= 0.3 is 0 Å². The summed E-state index contributed by atoms with van der Waals surface area (Å²) in [6.45, 7) is 4.14. The van der Waals surface area contributed by atoms with E-state index in [9.17, 15) is 0 Å². The molecule has 0 bridgehead atoms. The Bertz CT molecular complexity index is 3980. The highest BCUT2D eigenvalue weighted by Gasteiger charge is 2.18. The Labute approximate surface area is 393 Å². The van der Waals surface area contributed by atoms with Crippen LogP contribution in [0.5, 0.6) is 23.0 Å². The zero-order valence-electron chi connectivity index (χ0n) is 39.0. The quantitative estimate of drug-likeness (QED) is 0.151. The van der Waals surface area contributed by atoms with E-state index >= 15 is 0 Å². The van der Waals surface area contributed by atoms with Crippen molar-refractivity contribution in [2.45, 2.75) is 13.8 Å². The van der Waals surface area contributed by atoms with E-state index in [2.05, 4.69) is 95.8 Å². The Kier molecular flexibility index (Phi) is 8.62. The minimum absolute atomic E-state index is 0.393. The van der Waals surface area contributed by atoms with E-state index < -0.39 is 0 Å². The largest absolute Gasteiger partial charge is 0.457 e. The number of nitrogens with zero attached hydrogens (tertiary/aromatic N) is 6. The van der Waals surface area contributed by atoms with Crippen molar-refractivity contribution in [2.24, 2.45) is 0 Å². The van der Waals surface area contributed by atoms with Gasteiger partial charge in [-0.25, -0.2) is 9.97 Å². The summed E-state index contributed by atoms with van der Waals surface area (Å²) >= 11 is 0. The van der Waals surface area contributed by atoms with Gasteiger partial charge in [-0.3, -0.25) is 19.1 Å². The number of hydrogen-bond donors (Lipinski definition) is 0. The molecule has 13 aromatic rings. The molecule has 322 valence electrons. The first-order chi connectivity index (χ1) is 34.3. The Morgan fingerprint density at radius 1 is 0.382 bits per heavy atom. The first-order valence-corrected chi connectivity index (χ1v) is 22.5. The number of aromatic nitrogens is 6. The van der Waals surface area contributed by atoms with Crippen LogP contribution < -0.4 is 9.47 Å². The molecule has 8 aromatic carbocycles. The van der Waals surface area contributed by atoms with Gasteiger partial charge in [-0.1, -0.05) is 84.9 Å². The second kappa shape index (κ2) is 15.8. The highest BCUT2D eigenvalue weighted by Crippen LogP contribution is 2.40. The van der Waals surface area contributed by atoms with Crippen molar-refractivity contribution in [3.05, 3.63) is 218 Å². The monoisotopic (exact) mass is 878 g/mol. The van der Waals surface area contributed by atoms with Gasteiger partial charge in [0.2, 0.25) is 0 Å². The number of rotatable bonds is 8. The second-order valence-corrected chi connectivity index (χ2v) is 17.2. The number of para-hydroxylation sites is 2. The summed E-state index contributed by atoms with van der Waals surface area (Å²) < 4.78 is 34.8. The van der Waals surface area contributed by atoms with Crippen LogP contribution >= 0.6 is 0 Å². The van der Waals surface area contributed by atoms with Gasteiger partial charge in [0.15, 0.2) is 0 Å². The van der Waals surface area contributed by atoms with E-state index in [1.54, 1.807) is 24.5 Å². The maximum absolute atomic E-state index is 8.51. The summed E-state index contributed by atoms with van der Waals surface area (Å²) in [5.41, 5.74) is 9.27. The Morgan fingerprint density at radius 3 is 1.28 bits per heavy atom. The summed E-state index contributed by atoms with van der Waals surface area (Å²) in [5.74, 6) is 4.20. The maximum Gasteiger partial charge on any atom is 0.137 e. The van der Waals surface area contributed by atoms with Crippen LogP contribution in [0.15, 0.2) is 207 Å². The van der Waals surface area contributed by atoms with Crippen molar-refractivity contribution in [3.8, 4) is 57.1 Å². The average molecular weight is 879 g/mol. The number of benzene rings is 8. The van der Waals surface area contributed by atoms with Gasteiger partial charge in [-0.15, -0.1) is 0 Å². The predicted octanol–water partition coefficient (Wildman–Crippen LogP) is 15.3. The maximum atomic E-state index is 8.51. The molecule has 8 nitrogen and oxygen atoms in total. The fourth-order valence-electron chi connectivity index (χ4n) is 9.67. The normalized spacial score (nSPS) is 12.1. The molecular formula is C60H40N6O2. The molecule has 0 aliphatic heterocycles. The average Bonchev–Trinajstić information content (AvgIpc) is 3.88. The molecule has 68 heavy (non-hydrogen) atoms. The molecule has 0 aliphatic rings. The minimum atomic E-state index is 0.393. The molecule has 0 amide bonds. The third kappa shape index (κ3) is 6.69. The summed E-state index contributed by atoms with van der Waals surface area (Å²) in [4.78, 5) is 19.6. The van der Waals surface area contributed by atoms with Gasteiger partial charge in [0.25, 0.3) is 0 Å². The van der Waals surface area contributed by atoms with Gasteiger partial charge in [0, 0.05) is 57.2 Å². The molecular weight excluding hydrogens is 837 g/mol. The molecule has 0 aliphatic carbocycles. The molecule has 13 rings (SSSR count). The van der Waals surface area contributed by atoms with Crippen molar-refractivity contribution >= 4 is 65.2 Å². The van der Waals surface area contributed by atoms with Crippen molar-refractivity contribution < 1.29 is 12.2 Å². The number of aryl methyl sites for hydroxylation is 2.